The van der Waals surface area contributed by atoms with E-state index in [2.05, 4.69) is 28.7 Å². The summed E-state index contributed by atoms with van der Waals surface area (Å²) in [6.45, 7) is 4.18. The third-order valence-electron chi connectivity index (χ3n) is 3.63. The molecule has 1 aliphatic heterocycles. The Labute approximate surface area is 115 Å². The van der Waals surface area contributed by atoms with Crippen molar-refractivity contribution >= 4 is 0 Å². The molecule has 1 fully saturated rings. The van der Waals surface area contributed by atoms with Crippen molar-refractivity contribution in [2.75, 3.05) is 39.8 Å². The summed E-state index contributed by atoms with van der Waals surface area (Å²) >= 11 is 0. The Balaban J connectivity index is 1.85. The number of hydrogen-bond donors (Lipinski definition) is 1. The fraction of sp³-hybridized carbons (Fsp3) is 0.500. The van der Waals surface area contributed by atoms with Gasteiger partial charge in [0.1, 0.15) is 0 Å². The SMILES string of the molecule is CN1CCN(CC#Cc2ccccc2)C[C@H]1CCO. The highest BCUT2D eigenvalue weighted by Gasteiger charge is 2.22. The van der Waals surface area contributed by atoms with Gasteiger partial charge in [0.05, 0.1) is 6.54 Å². The van der Waals surface area contributed by atoms with Crippen LogP contribution in [0.25, 0.3) is 0 Å². The summed E-state index contributed by atoms with van der Waals surface area (Å²) in [6.07, 6.45) is 0.846. The predicted molar refractivity (Wildman–Crippen MR) is 77.9 cm³/mol. The van der Waals surface area contributed by atoms with Gasteiger partial charge in [0.2, 0.25) is 0 Å². The molecule has 1 saturated heterocycles. The third kappa shape index (κ3) is 4.36. The van der Waals surface area contributed by atoms with Gasteiger partial charge in [-0.25, -0.2) is 0 Å². The highest BCUT2D eigenvalue weighted by atomic mass is 16.3. The Morgan fingerprint density at radius 2 is 2.05 bits per heavy atom. The van der Waals surface area contributed by atoms with Gasteiger partial charge in [0.25, 0.3) is 0 Å². The number of nitrogens with zero attached hydrogens (tertiary/aromatic N) is 2. The molecule has 19 heavy (non-hydrogen) atoms. The summed E-state index contributed by atoms with van der Waals surface area (Å²) in [5.74, 6) is 6.44. The normalized spacial score (nSPS) is 20.8. The van der Waals surface area contributed by atoms with E-state index < -0.39 is 0 Å². The molecule has 1 N–H and O–H groups in total. The fourth-order valence-electron chi connectivity index (χ4n) is 2.39. The first-order valence-corrected chi connectivity index (χ1v) is 6.87. The molecule has 2 rings (SSSR count). The van der Waals surface area contributed by atoms with E-state index in [1.165, 1.54) is 0 Å². The second kappa shape index (κ2) is 7.30. The fourth-order valence-corrected chi connectivity index (χ4v) is 2.39. The average Bonchev–Trinajstić information content (AvgIpc) is 2.44. The summed E-state index contributed by atoms with van der Waals surface area (Å²) in [7, 11) is 2.13. The summed E-state index contributed by atoms with van der Waals surface area (Å²) < 4.78 is 0. The van der Waals surface area contributed by atoms with Gasteiger partial charge in [0, 0.05) is 37.8 Å². The molecule has 3 nitrogen and oxygen atoms in total. The Kier molecular flexibility index (Phi) is 5.41. The molecule has 0 aromatic heterocycles. The molecule has 1 aromatic carbocycles. The third-order valence-corrected chi connectivity index (χ3v) is 3.63. The first-order chi connectivity index (χ1) is 9.29. The first-order valence-electron chi connectivity index (χ1n) is 6.87. The van der Waals surface area contributed by atoms with E-state index in [1.54, 1.807) is 0 Å². The van der Waals surface area contributed by atoms with E-state index in [9.17, 15) is 0 Å². The van der Waals surface area contributed by atoms with Crippen LogP contribution in [0.3, 0.4) is 0 Å². The van der Waals surface area contributed by atoms with E-state index in [0.29, 0.717) is 6.04 Å². The lowest BCUT2D eigenvalue weighted by Gasteiger charge is -2.38. The van der Waals surface area contributed by atoms with Gasteiger partial charge in [-0.2, -0.15) is 0 Å². The largest absolute Gasteiger partial charge is 0.396 e. The molecule has 0 aliphatic carbocycles. The molecule has 0 radical (unpaired) electrons. The van der Waals surface area contributed by atoms with Crippen molar-refractivity contribution in [2.24, 2.45) is 0 Å². The zero-order valence-corrected chi connectivity index (χ0v) is 11.5. The van der Waals surface area contributed by atoms with Gasteiger partial charge in [-0.1, -0.05) is 30.0 Å². The molecular weight excluding hydrogens is 236 g/mol. The van der Waals surface area contributed by atoms with E-state index >= 15 is 0 Å². The van der Waals surface area contributed by atoms with Gasteiger partial charge >= 0.3 is 0 Å². The molecular formula is C16H22N2O. The zero-order chi connectivity index (χ0) is 13.5. The summed E-state index contributed by atoms with van der Waals surface area (Å²) in [5.41, 5.74) is 1.07. The highest BCUT2D eigenvalue weighted by Crippen LogP contribution is 2.10. The topological polar surface area (TPSA) is 26.7 Å². The molecule has 0 bridgehead atoms. The lowest BCUT2D eigenvalue weighted by atomic mass is 10.1. The minimum Gasteiger partial charge on any atom is -0.396 e. The van der Waals surface area contributed by atoms with Gasteiger partial charge < -0.3 is 10.0 Å². The Morgan fingerprint density at radius 3 is 2.79 bits per heavy atom. The van der Waals surface area contributed by atoms with Crippen LogP contribution < -0.4 is 0 Å². The van der Waals surface area contributed by atoms with Gasteiger partial charge in [-0.05, 0) is 25.6 Å². The van der Waals surface area contributed by atoms with Crippen LogP contribution >= 0.6 is 0 Å². The highest BCUT2D eigenvalue weighted by molar-refractivity contribution is 5.33. The number of piperazine rings is 1. The second-order valence-electron chi connectivity index (χ2n) is 5.05. The molecule has 0 unspecified atom stereocenters. The number of likely N-dealkylation sites (N-methyl/N-ethyl adjacent to an activating group) is 1. The Bertz CT molecular complexity index is 435. The van der Waals surface area contributed by atoms with Crippen molar-refractivity contribution in [3.05, 3.63) is 35.9 Å². The van der Waals surface area contributed by atoms with Crippen molar-refractivity contribution in [3.8, 4) is 11.8 Å². The first kappa shape index (κ1) is 14.1. The molecule has 1 atom stereocenters. The van der Waals surface area contributed by atoms with Crippen molar-refractivity contribution in [1.29, 1.82) is 0 Å². The van der Waals surface area contributed by atoms with Crippen LogP contribution in [-0.4, -0.2) is 60.8 Å². The Hall–Kier alpha value is -1.34. The van der Waals surface area contributed by atoms with E-state index in [4.69, 9.17) is 5.11 Å². The number of benzene rings is 1. The summed E-state index contributed by atoms with van der Waals surface area (Å²) in [5, 5.41) is 9.07. The molecule has 0 amide bonds. The van der Waals surface area contributed by atoms with Crippen LogP contribution in [0.4, 0.5) is 0 Å². The van der Waals surface area contributed by atoms with E-state index in [-0.39, 0.29) is 6.61 Å². The number of hydrogen-bond acceptors (Lipinski definition) is 3. The average molecular weight is 258 g/mol. The minimum absolute atomic E-state index is 0.262. The van der Waals surface area contributed by atoms with Crippen LogP contribution in [0.2, 0.25) is 0 Å². The van der Waals surface area contributed by atoms with Crippen LogP contribution in [-0.2, 0) is 0 Å². The van der Waals surface area contributed by atoms with Gasteiger partial charge in [0.15, 0.2) is 0 Å². The van der Waals surface area contributed by atoms with Gasteiger partial charge in [-0.3, -0.25) is 4.90 Å². The summed E-state index contributed by atoms with van der Waals surface area (Å²) in [6, 6.07) is 10.5. The van der Waals surface area contributed by atoms with Crippen molar-refractivity contribution in [3.63, 3.8) is 0 Å². The van der Waals surface area contributed by atoms with E-state index in [0.717, 1.165) is 38.2 Å². The lowest BCUT2D eigenvalue weighted by Crippen LogP contribution is -2.51. The van der Waals surface area contributed by atoms with Crippen LogP contribution in [0.1, 0.15) is 12.0 Å². The molecule has 3 heteroatoms. The maximum atomic E-state index is 9.07. The van der Waals surface area contributed by atoms with Crippen molar-refractivity contribution < 1.29 is 5.11 Å². The quantitative estimate of drug-likeness (QED) is 0.821. The Morgan fingerprint density at radius 1 is 1.26 bits per heavy atom. The van der Waals surface area contributed by atoms with Crippen LogP contribution in [0, 0.1) is 11.8 Å². The maximum absolute atomic E-state index is 9.07. The zero-order valence-electron chi connectivity index (χ0n) is 11.5. The minimum atomic E-state index is 0.262. The smallest absolute Gasteiger partial charge is 0.0606 e. The van der Waals surface area contributed by atoms with E-state index in [1.807, 2.05) is 30.3 Å². The number of rotatable bonds is 3. The van der Waals surface area contributed by atoms with Crippen LogP contribution in [0.15, 0.2) is 30.3 Å². The molecule has 1 aliphatic rings. The standard InChI is InChI=1S/C16H22N2O/c1-17-11-12-18(14-16(17)9-13-19)10-5-8-15-6-3-2-4-7-15/h2-4,6-7,16,19H,9-14H2,1H3/t16-/m1/s1. The molecule has 1 heterocycles. The lowest BCUT2D eigenvalue weighted by molar-refractivity contribution is 0.0868. The monoisotopic (exact) mass is 258 g/mol. The molecule has 1 aromatic rings. The number of aliphatic hydroxyl groups is 1. The van der Waals surface area contributed by atoms with Gasteiger partial charge in [-0.15, -0.1) is 0 Å². The second-order valence-corrected chi connectivity index (χ2v) is 5.05. The summed E-state index contributed by atoms with van der Waals surface area (Å²) in [4.78, 5) is 4.70. The van der Waals surface area contributed by atoms with Crippen molar-refractivity contribution in [2.45, 2.75) is 12.5 Å². The van der Waals surface area contributed by atoms with Crippen LogP contribution in [0.5, 0.6) is 0 Å². The molecule has 0 spiro atoms. The van der Waals surface area contributed by atoms with Crippen molar-refractivity contribution in [1.82, 2.24) is 9.80 Å². The predicted octanol–water partition coefficient (Wildman–Crippen LogP) is 1.04. The number of aliphatic hydroxyl groups excluding tert-OH is 1. The molecule has 0 saturated carbocycles. The maximum Gasteiger partial charge on any atom is 0.0606 e. The molecule has 102 valence electrons.